The van der Waals surface area contributed by atoms with Crippen molar-refractivity contribution in [1.82, 2.24) is 0 Å². The second-order valence-electron chi connectivity index (χ2n) is 14.7. The first-order valence-corrected chi connectivity index (χ1v) is 21.7. The number of Topliss-reactive ketones (excluding diaryl/α,β-unsaturated/α-hetero) is 2. The maximum absolute atomic E-state index is 14.4. The standard InChI is InChI=1S/C47H22F4N4O4S4/c1-47(2)28-14-37(45-35(58-4)8-20(60-45)6-26-39(19(16-52)17-53)22-10-30(48)32(50)12-24(22)41(26)56)62-43(28)44-29(47)15-38(63-44)46-36(59-5)9-21(61-46)7-27-40(34(18-54)55-3)23-11-31(49)33(51)13-25(23)42(27)57/h6-15H,1-2,4-5H3/b26-6-,27-7-,40-34+. The molecule has 9 rings (SSSR count). The molecule has 16 heteroatoms. The summed E-state index contributed by atoms with van der Waals surface area (Å²) in [5.74, 6) is -5.17. The van der Waals surface area contributed by atoms with Gasteiger partial charge in [-0.25, -0.2) is 27.7 Å². The number of allylic oxidation sites excluding steroid dienone is 6. The highest BCUT2D eigenvalue weighted by molar-refractivity contribution is 7.29. The molecule has 0 unspecified atom stereocenters. The maximum Gasteiger partial charge on any atom is 0.270 e. The molecule has 3 aliphatic carbocycles. The zero-order chi connectivity index (χ0) is 44.8. The van der Waals surface area contributed by atoms with E-state index in [4.69, 9.17) is 16.0 Å². The van der Waals surface area contributed by atoms with Crippen molar-refractivity contribution < 1.29 is 36.6 Å². The molecule has 3 aliphatic rings. The molecule has 0 bridgehead atoms. The van der Waals surface area contributed by atoms with E-state index in [1.165, 1.54) is 49.0 Å². The Hall–Kier alpha value is -7.18. The number of carbonyl (C=O) groups excluding carboxylic acids is 2. The zero-order valence-corrected chi connectivity index (χ0v) is 36.1. The summed E-state index contributed by atoms with van der Waals surface area (Å²) in [6.07, 6.45) is 3.00. The van der Waals surface area contributed by atoms with Gasteiger partial charge in [0.1, 0.15) is 29.2 Å². The van der Waals surface area contributed by atoms with Crippen LogP contribution < -0.4 is 9.47 Å². The van der Waals surface area contributed by atoms with Crippen LogP contribution in [0.2, 0.25) is 0 Å². The van der Waals surface area contributed by atoms with E-state index in [9.17, 15) is 42.9 Å². The molecule has 8 nitrogen and oxygen atoms in total. The highest BCUT2D eigenvalue weighted by atomic mass is 32.1. The Morgan fingerprint density at radius 2 is 1.03 bits per heavy atom. The molecule has 2 aromatic carbocycles. The Labute approximate surface area is 371 Å². The van der Waals surface area contributed by atoms with Gasteiger partial charge in [0.25, 0.3) is 5.70 Å². The van der Waals surface area contributed by atoms with Crippen molar-refractivity contribution in [2.75, 3.05) is 14.2 Å². The summed E-state index contributed by atoms with van der Waals surface area (Å²) < 4.78 is 68.8. The molecule has 4 aromatic heterocycles. The molecular weight excluding hydrogens is 889 g/mol. The number of nitriles is 3. The summed E-state index contributed by atoms with van der Waals surface area (Å²) in [5, 5.41) is 29.2. The number of methoxy groups -OCH3 is 2. The van der Waals surface area contributed by atoms with Crippen LogP contribution in [0.5, 0.6) is 11.5 Å². The average molecular weight is 911 g/mol. The molecular formula is C47H22F4N4O4S4. The Bertz CT molecular complexity index is 3180. The molecule has 0 aliphatic heterocycles. The average Bonchev–Trinajstić information content (AvgIpc) is 4.13. The van der Waals surface area contributed by atoms with Crippen molar-refractivity contribution in [1.29, 1.82) is 15.8 Å². The maximum atomic E-state index is 14.4. The van der Waals surface area contributed by atoms with Gasteiger partial charge in [-0.15, -0.1) is 45.3 Å². The van der Waals surface area contributed by atoms with Crippen molar-refractivity contribution in [3.8, 4) is 59.0 Å². The van der Waals surface area contributed by atoms with Gasteiger partial charge in [-0.05, 0) is 82.9 Å². The topological polar surface area (TPSA) is 128 Å². The van der Waals surface area contributed by atoms with Crippen molar-refractivity contribution in [2.45, 2.75) is 19.3 Å². The molecule has 306 valence electrons. The fraction of sp³-hybridized carbons (Fsp3) is 0.106. The molecule has 0 atom stereocenters. The predicted molar refractivity (Wildman–Crippen MR) is 234 cm³/mol. The summed E-state index contributed by atoms with van der Waals surface area (Å²) in [7, 11) is 3.03. The number of thiophene rings is 4. The molecule has 0 saturated heterocycles. The van der Waals surface area contributed by atoms with Gasteiger partial charge in [0, 0.05) is 68.1 Å². The summed E-state index contributed by atoms with van der Waals surface area (Å²) in [5.41, 5.74) is 0.287. The van der Waals surface area contributed by atoms with Gasteiger partial charge in [0.2, 0.25) is 0 Å². The normalized spacial score (nSPS) is 16.3. The van der Waals surface area contributed by atoms with Gasteiger partial charge in [-0.3, -0.25) is 9.59 Å². The largest absolute Gasteiger partial charge is 0.495 e. The van der Waals surface area contributed by atoms with Crippen LogP contribution in [-0.2, 0) is 5.41 Å². The summed E-state index contributed by atoms with van der Waals surface area (Å²) >= 11 is 5.72. The quantitative estimate of drug-likeness (QED) is 0.0704. The fourth-order valence-corrected chi connectivity index (χ4v) is 13.2. The third-order valence-electron chi connectivity index (χ3n) is 11.0. The number of rotatable bonds is 6. The van der Waals surface area contributed by atoms with E-state index in [2.05, 4.69) is 30.8 Å². The number of ketones is 2. The van der Waals surface area contributed by atoms with Gasteiger partial charge in [0.15, 0.2) is 34.8 Å². The number of nitrogens with zero attached hydrogens (tertiary/aromatic N) is 4. The van der Waals surface area contributed by atoms with E-state index in [1.807, 2.05) is 0 Å². The van der Waals surface area contributed by atoms with Crippen LogP contribution in [0.3, 0.4) is 0 Å². The van der Waals surface area contributed by atoms with Crippen molar-refractivity contribution in [3.05, 3.63) is 149 Å². The van der Waals surface area contributed by atoms with E-state index >= 15 is 0 Å². The molecule has 4 heterocycles. The van der Waals surface area contributed by atoms with Gasteiger partial charge in [-0.1, -0.05) is 13.8 Å². The first-order valence-electron chi connectivity index (χ1n) is 18.4. The van der Waals surface area contributed by atoms with Crippen LogP contribution >= 0.6 is 45.3 Å². The van der Waals surface area contributed by atoms with Crippen molar-refractivity contribution in [3.63, 3.8) is 0 Å². The van der Waals surface area contributed by atoms with Gasteiger partial charge >= 0.3 is 0 Å². The van der Waals surface area contributed by atoms with E-state index in [1.54, 1.807) is 53.0 Å². The molecule has 0 amide bonds. The predicted octanol–water partition coefficient (Wildman–Crippen LogP) is 12.7. The highest BCUT2D eigenvalue weighted by Crippen LogP contribution is 2.60. The Balaban J connectivity index is 1.09. The van der Waals surface area contributed by atoms with Crippen LogP contribution in [0.4, 0.5) is 17.6 Å². The first kappa shape index (κ1) is 41.2. The Morgan fingerprint density at radius 1 is 0.619 bits per heavy atom. The smallest absolute Gasteiger partial charge is 0.270 e. The molecule has 0 radical (unpaired) electrons. The summed E-state index contributed by atoms with van der Waals surface area (Å²) in [4.78, 5) is 36.9. The fourth-order valence-electron chi connectivity index (χ4n) is 8.04. The number of ether oxygens (including phenoxy) is 2. The number of fused-ring (bicyclic) bond motifs is 5. The minimum Gasteiger partial charge on any atom is -0.495 e. The third kappa shape index (κ3) is 6.22. The van der Waals surface area contributed by atoms with E-state index in [-0.39, 0.29) is 44.5 Å². The minimum atomic E-state index is -1.23. The SMILES string of the molecule is [C-]#[N+]/C(C#N)=C1/C(=C/c2cc(OC)c(-c3cc4c(s3)-c3sc(-c5sc(/C=C6\C(=O)c7cc(F)c(F)cc7C6=C(C#N)C#N)cc5OC)cc3C4(C)C)s2)C(=O)c2cc(F)c(F)cc21. The monoisotopic (exact) mass is 910 g/mol. The van der Waals surface area contributed by atoms with Gasteiger partial charge in [-0.2, -0.15) is 10.5 Å². The molecule has 6 aromatic rings. The number of hydrogen-bond donors (Lipinski definition) is 0. The van der Waals surface area contributed by atoms with Crippen molar-refractivity contribution >= 4 is 80.2 Å². The molecule has 0 fully saturated rings. The number of benzene rings is 2. The lowest BCUT2D eigenvalue weighted by molar-refractivity contribution is 0.103. The number of hydrogen-bond acceptors (Lipinski definition) is 11. The second-order valence-corrected chi connectivity index (χ2v) is 19.0. The minimum absolute atomic E-state index is 0.0282. The van der Waals surface area contributed by atoms with Crippen LogP contribution in [0, 0.1) is 63.8 Å². The van der Waals surface area contributed by atoms with Crippen LogP contribution in [-0.4, -0.2) is 25.8 Å². The van der Waals surface area contributed by atoms with Crippen LogP contribution in [0.25, 0.3) is 57.4 Å². The molecule has 0 N–H and O–H groups in total. The van der Waals surface area contributed by atoms with Crippen LogP contribution in [0.15, 0.2) is 70.9 Å². The Kier molecular flexibility index (Phi) is 9.82. The summed E-state index contributed by atoms with van der Waals surface area (Å²) in [6.45, 7) is 11.8. The van der Waals surface area contributed by atoms with Crippen LogP contribution in [0.1, 0.15) is 66.6 Å². The number of carbonyl (C=O) groups is 2. The molecule has 0 saturated carbocycles. The lowest BCUT2D eigenvalue weighted by Crippen LogP contribution is -2.13. The molecule has 63 heavy (non-hydrogen) atoms. The van der Waals surface area contributed by atoms with Crippen molar-refractivity contribution in [2.24, 2.45) is 0 Å². The highest BCUT2D eigenvalue weighted by Gasteiger charge is 2.41. The summed E-state index contributed by atoms with van der Waals surface area (Å²) in [6, 6.07) is 16.2. The molecule has 0 spiro atoms. The van der Waals surface area contributed by atoms with Gasteiger partial charge in [0.05, 0.1) is 36.6 Å². The van der Waals surface area contributed by atoms with E-state index < -0.39 is 51.5 Å². The van der Waals surface area contributed by atoms with E-state index in [0.29, 0.717) is 21.3 Å². The second kappa shape index (κ2) is 15.0. The van der Waals surface area contributed by atoms with Gasteiger partial charge < -0.3 is 9.47 Å². The number of halogens is 4. The van der Waals surface area contributed by atoms with E-state index in [0.717, 1.165) is 64.7 Å². The third-order valence-corrected chi connectivity index (χ3v) is 15.9. The first-order chi connectivity index (χ1) is 30.2. The lowest BCUT2D eigenvalue weighted by atomic mass is 9.84. The zero-order valence-electron chi connectivity index (χ0n) is 32.8. The lowest BCUT2D eigenvalue weighted by Gasteiger charge is -2.19. The Morgan fingerprint density at radius 3 is 1.43 bits per heavy atom.